The fraction of sp³-hybridized carbons (Fsp3) is 1.00. The minimum absolute atomic E-state index is 0.583. The maximum Gasteiger partial charge on any atom is 0.598 e. The predicted molar refractivity (Wildman–Crippen MR) is 50.9 cm³/mol. The standard InChI is InChI=1S/C7H15BO4S/c1-6(2)7(3,4)12-8(11-6)13(5,9)10/h1-5H3. The first-order valence-corrected chi connectivity index (χ1v) is 6.06. The van der Waals surface area contributed by atoms with Gasteiger partial charge in [0, 0.05) is 6.26 Å². The molecule has 0 aliphatic carbocycles. The lowest BCUT2D eigenvalue weighted by molar-refractivity contribution is 0.00578. The Morgan fingerprint density at radius 2 is 1.31 bits per heavy atom. The summed E-state index contributed by atoms with van der Waals surface area (Å²) in [4.78, 5) is 0. The summed E-state index contributed by atoms with van der Waals surface area (Å²) in [7, 11) is -3.29. The van der Waals surface area contributed by atoms with Gasteiger partial charge in [0.1, 0.15) is 0 Å². The molecule has 0 aromatic heterocycles. The van der Waals surface area contributed by atoms with Crippen molar-refractivity contribution in [1.82, 2.24) is 0 Å². The van der Waals surface area contributed by atoms with Gasteiger partial charge in [-0.2, -0.15) is 0 Å². The minimum Gasteiger partial charge on any atom is -0.391 e. The van der Waals surface area contributed by atoms with Crippen LogP contribution in [0, 0.1) is 0 Å². The van der Waals surface area contributed by atoms with E-state index in [0.717, 1.165) is 6.26 Å². The van der Waals surface area contributed by atoms with E-state index in [-0.39, 0.29) is 0 Å². The Labute approximate surface area is 79.6 Å². The monoisotopic (exact) mass is 206 g/mol. The largest absolute Gasteiger partial charge is 0.598 e. The van der Waals surface area contributed by atoms with Gasteiger partial charge in [0.15, 0.2) is 9.69 Å². The lowest BCUT2D eigenvalue weighted by Crippen LogP contribution is -2.41. The van der Waals surface area contributed by atoms with Crippen LogP contribution in [-0.2, 0) is 19.0 Å². The van der Waals surface area contributed by atoms with E-state index >= 15 is 0 Å². The van der Waals surface area contributed by atoms with E-state index in [4.69, 9.17) is 9.31 Å². The smallest absolute Gasteiger partial charge is 0.391 e. The fourth-order valence-corrected chi connectivity index (χ4v) is 1.79. The van der Waals surface area contributed by atoms with Crippen molar-refractivity contribution >= 4 is 16.1 Å². The molecular formula is C7H15BO4S. The van der Waals surface area contributed by atoms with Crippen molar-refractivity contribution in [2.75, 3.05) is 6.26 Å². The van der Waals surface area contributed by atoms with Crippen LogP contribution in [0.1, 0.15) is 27.7 Å². The molecule has 0 N–H and O–H groups in total. The summed E-state index contributed by atoms with van der Waals surface area (Å²) in [5.41, 5.74) is -1.17. The van der Waals surface area contributed by atoms with Gasteiger partial charge in [0.25, 0.3) is 0 Å². The van der Waals surface area contributed by atoms with E-state index in [1.165, 1.54) is 0 Å². The number of hydrogen-bond acceptors (Lipinski definition) is 4. The summed E-state index contributed by atoms with van der Waals surface area (Å²) in [5, 5.41) is 0. The average molecular weight is 206 g/mol. The van der Waals surface area contributed by atoms with E-state index in [1.807, 2.05) is 27.7 Å². The molecule has 0 saturated carbocycles. The van der Waals surface area contributed by atoms with Crippen LogP contribution in [0.5, 0.6) is 0 Å². The molecule has 1 rings (SSSR count). The summed E-state index contributed by atoms with van der Waals surface area (Å²) in [5.74, 6) is 0. The summed E-state index contributed by atoms with van der Waals surface area (Å²) < 4.78 is 33.0. The third kappa shape index (κ3) is 1.89. The number of rotatable bonds is 1. The molecule has 1 aliphatic heterocycles. The second-order valence-corrected chi connectivity index (χ2v) is 6.42. The molecule has 0 amide bonds. The lowest BCUT2D eigenvalue weighted by atomic mass is 9.90. The van der Waals surface area contributed by atoms with Gasteiger partial charge >= 0.3 is 6.40 Å². The maximum atomic E-state index is 11.2. The minimum atomic E-state index is -3.29. The van der Waals surface area contributed by atoms with Crippen LogP contribution in [0.3, 0.4) is 0 Å². The van der Waals surface area contributed by atoms with Crippen molar-refractivity contribution in [2.24, 2.45) is 0 Å². The van der Waals surface area contributed by atoms with Crippen LogP contribution in [0.2, 0.25) is 0 Å². The molecule has 0 spiro atoms. The van der Waals surface area contributed by atoms with E-state index < -0.39 is 27.3 Å². The van der Waals surface area contributed by atoms with Gasteiger partial charge in [-0.3, -0.25) is 0 Å². The first-order chi connectivity index (χ1) is 5.56. The zero-order chi connectivity index (χ0) is 10.5. The molecule has 6 heteroatoms. The molecule has 1 fully saturated rings. The van der Waals surface area contributed by atoms with Crippen molar-refractivity contribution in [3.63, 3.8) is 0 Å². The molecule has 13 heavy (non-hydrogen) atoms. The molecule has 1 saturated heterocycles. The lowest BCUT2D eigenvalue weighted by Gasteiger charge is -2.32. The Balaban J connectivity index is 2.96. The molecule has 0 bridgehead atoms. The average Bonchev–Trinajstić information content (AvgIpc) is 2.00. The molecule has 0 aromatic rings. The van der Waals surface area contributed by atoms with Gasteiger partial charge in [0.05, 0.1) is 11.2 Å². The van der Waals surface area contributed by atoms with E-state index in [1.54, 1.807) is 0 Å². The van der Waals surface area contributed by atoms with Crippen molar-refractivity contribution in [2.45, 2.75) is 38.9 Å². The Kier molecular flexibility index (Phi) is 2.30. The van der Waals surface area contributed by atoms with Crippen LogP contribution in [0.15, 0.2) is 0 Å². The Morgan fingerprint density at radius 1 is 1.00 bits per heavy atom. The summed E-state index contributed by atoms with van der Waals surface area (Å²) in [6.45, 7) is 7.27. The third-order valence-corrected chi connectivity index (χ3v) is 3.47. The molecular weight excluding hydrogens is 191 g/mol. The van der Waals surface area contributed by atoms with Crippen molar-refractivity contribution in [3.05, 3.63) is 0 Å². The van der Waals surface area contributed by atoms with Gasteiger partial charge in [0.2, 0.25) is 0 Å². The summed E-state index contributed by atoms with van der Waals surface area (Å²) in [6, 6.07) is 0. The molecule has 0 unspecified atom stereocenters. The molecule has 0 atom stereocenters. The molecule has 76 valence electrons. The zero-order valence-electron chi connectivity index (χ0n) is 8.62. The zero-order valence-corrected chi connectivity index (χ0v) is 9.44. The highest BCUT2D eigenvalue weighted by molar-refractivity contribution is 8.16. The van der Waals surface area contributed by atoms with Crippen LogP contribution in [0.25, 0.3) is 0 Å². The molecule has 0 aromatic carbocycles. The van der Waals surface area contributed by atoms with E-state index in [0.29, 0.717) is 0 Å². The fourth-order valence-electron chi connectivity index (χ4n) is 0.964. The third-order valence-electron chi connectivity index (χ3n) is 2.58. The van der Waals surface area contributed by atoms with Crippen molar-refractivity contribution < 1.29 is 17.7 Å². The highest BCUT2D eigenvalue weighted by atomic mass is 32.2. The highest BCUT2D eigenvalue weighted by Crippen LogP contribution is 2.37. The van der Waals surface area contributed by atoms with Crippen LogP contribution in [-0.4, -0.2) is 32.3 Å². The highest BCUT2D eigenvalue weighted by Gasteiger charge is 2.55. The van der Waals surface area contributed by atoms with Gasteiger partial charge < -0.3 is 9.31 Å². The number of hydrogen-bond donors (Lipinski definition) is 0. The Hall–Kier alpha value is -0.0651. The van der Waals surface area contributed by atoms with Gasteiger partial charge in [-0.25, -0.2) is 8.42 Å². The van der Waals surface area contributed by atoms with Crippen LogP contribution < -0.4 is 0 Å². The molecule has 4 nitrogen and oxygen atoms in total. The van der Waals surface area contributed by atoms with Gasteiger partial charge in [-0.1, -0.05) is 0 Å². The first-order valence-electron chi connectivity index (χ1n) is 4.11. The van der Waals surface area contributed by atoms with E-state index in [2.05, 4.69) is 0 Å². The van der Waals surface area contributed by atoms with Crippen LogP contribution in [0.4, 0.5) is 0 Å². The molecule has 1 heterocycles. The Morgan fingerprint density at radius 3 is 1.46 bits per heavy atom. The maximum absolute atomic E-state index is 11.2. The Bertz CT molecular complexity index is 290. The molecule has 1 aliphatic rings. The van der Waals surface area contributed by atoms with Crippen molar-refractivity contribution in [1.29, 1.82) is 0 Å². The summed E-state index contributed by atoms with van der Waals surface area (Å²) in [6.07, 6.45) is -0.0210. The summed E-state index contributed by atoms with van der Waals surface area (Å²) >= 11 is 0. The van der Waals surface area contributed by atoms with Crippen molar-refractivity contribution in [3.8, 4) is 0 Å². The van der Waals surface area contributed by atoms with Gasteiger partial charge in [-0.05, 0) is 27.7 Å². The molecule has 0 radical (unpaired) electrons. The SMILES string of the molecule is CC1(C)OB(S(C)(=O)=O)OC1(C)C. The second-order valence-electron chi connectivity index (χ2n) is 4.37. The second kappa shape index (κ2) is 2.71. The first kappa shape index (κ1) is 11.0. The predicted octanol–water partition coefficient (Wildman–Crippen LogP) is 0.620. The topological polar surface area (TPSA) is 52.6 Å². The van der Waals surface area contributed by atoms with Crippen LogP contribution >= 0.6 is 0 Å². The van der Waals surface area contributed by atoms with Gasteiger partial charge in [-0.15, -0.1) is 0 Å². The quantitative estimate of drug-likeness (QED) is 0.590. The van der Waals surface area contributed by atoms with E-state index in [9.17, 15) is 8.42 Å². The normalized spacial score (nSPS) is 26.4.